The largest absolute Gasteiger partial charge is 0.477 e. The second-order valence-corrected chi connectivity index (χ2v) is 5.16. The van der Waals surface area contributed by atoms with E-state index in [1.54, 1.807) is 12.3 Å². The van der Waals surface area contributed by atoms with E-state index in [-0.39, 0.29) is 5.69 Å². The summed E-state index contributed by atoms with van der Waals surface area (Å²) in [6.07, 6.45) is 1.65. The van der Waals surface area contributed by atoms with Gasteiger partial charge in [-0.05, 0) is 17.2 Å². The number of nitrogens with zero attached hydrogens (tertiary/aromatic N) is 2. The Morgan fingerprint density at radius 2 is 1.95 bits per heavy atom. The second-order valence-electron chi connectivity index (χ2n) is 5.16. The van der Waals surface area contributed by atoms with E-state index >= 15 is 0 Å². The number of aromatic carboxylic acids is 1. The summed E-state index contributed by atoms with van der Waals surface area (Å²) in [5, 5.41) is 8.80. The highest BCUT2D eigenvalue weighted by Crippen LogP contribution is 2.27. The molecule has 4 heteroatoms. The Morgan fingerprint density at radius 3 is 2.55 bits per heavy atom. The van der Waals surface area contributed by atoms with Crippen molar-refractivity contribution in [2.45, 2.75) is 12.5 Å². The van der Waals surface area contributed by atoms with E-state index in [9.17, 15) is 4.79 Å². The standard InChI is InChI=1S/C16H16N2O2/c19-16(20)15-7-6-12(8-17-15)9-18-10-14(11-18)13-4-2-1-3-5-13/h1-8,14H,9-11H2,(H,19,20). The molecule has 1 aromatic heterocycles. The zero-order chi connectivity index (χ0) is 13.9. The number of pyridine rings is 1. The van der Waals surface area contributed by atoms with Crippen LogP contribution in [0.1, 0.15) is 27.5 Å². The molecule has 0 bridgehead atoms. The lowest BCUT2D eigenvalue weighted by molar-refractivity contribution is 0.0690. The molecule has 4 nitrogen and oxygen atoms in total. The Bertz CT molecular complexity index is 590. The maximum Gasteiger partial charge on any atom is 0.354 e. The number of benzene rings is 1. The summed E-state index contributed by atoms with van der Waals surface area (Å²) in [7, 11) is 0. The molecule has 3 rings (SSSR count). The molecule has 2 aromatic rings. The summed E-state index contributed by atoms with van der Waals surface area (Å²) in [5.41, 5.74) is 2.55. The van der Waals surface area contributed by atoms with E-state index in [1.807, 2.05) is 12.1 Å². The fraction of sp³-hybridized carbons (Fsp3) is 0.250. The fourth-order valence-electron chi connectivity index (χ4n) is 2.54. The number of carboxylic acid groups (broad SMARTS) is 1. The fourth-order valence-corrected chi connectivity index (χ4v) is 2.54. The van der Waals surface area contributed by atoms with Crippen molar-refractivity contribution >= 4 is 5.97 Å². The average Bonchev–Trinajstić information content (AvgIpc) is 2.44. The van der Waals surface area contributed by atoms with Gasteiger partial charge in [-0.1, -0.05) is 36.4 Å². The minimum absolute atomic E-state index is 0.0968. The van der Waals surface area contributed by atoms with E-state index in [0.717, 1.165) is 25.2 Å². The highest BCUT2D eigenvalue weighted by molar-refractivity contribution is 5.85. The highest BCUT2D eigenvalue weighted by Gasteiger charge is 2.27. The summed E-state index contributed by atoms with van der Waals surface area (Å²) >= 11 is 0. The molecule has 0 atom stereocenters. The van der Waals surface area contributed by atoms with Crippen molar-refractivity contribution in [1.29, 1.82) is 0 Å². The van der Waals surface area contributed by atoms with Crippen LogP contribution in [0.25, 0.3) is 0 Å². The quantitative estimate of drug-likeness (QED) is 0.925. The van der Waals surface area contributed by atoms with Crippen LogP contribution in [-0.4, -0.2) is 34.0 Å². The van der Waals surface area contributed by atoms with Gasteiger partial charge in [-0.15, -0.1) is 0 Å². The SMILES string of the molecule is O=C(O)c1ccc(CN2CC(c3ccccc3)C2)cn1. The lowest BCUT2D eigenvalue weighted by Gasteiger charge is -2.39. The third kappa shape index (κ3) is 2.70. The molecule has 0 spiro atoms. The number of aromatic nitrogens is 1. The van der Waals surface area contributed by atoms with E-state index in [2.05, 4.69) is 34.1 Å². The Kier molecular flexibility index (Phi) is 3.48. The maximum atomic E-state index is 10.7. The molecule has 1 saturated heterocycles. The van der Waals surface area contributed by atoms with Crippen molar-refractivity contribution in [2.75, 3.05) is 13.1 Å². The average molecular weight is 268 g/mol. The van der Waals surface area contributed by atoms with Gasteiger partial charge in [0.2, 0.25) is 0 Å². The Morgan fingerprint density at radius 1 is 1.20 bits per heavy atom. The predicted octanol–water partition coefficient (Wildman–Crippen LogP) is 2.38. The number of carbonyl (C=O) groups is 1. The van der Waals surface area contributed by atoms with Crippen LogP contribution in [-0.2, 0) is 6.54 Å². The molecule has 0 aliphatic carbocycles. The van der Waals surface area contributed by atoms with Crippen molar-refractivity contribution in [2.24, 2.45) is 0 Å². The lowest BCUT2D eigenvalue weighted by atomic mass is 9.91. The van der Waals surface area contributed by atoms with Crippen LogP contribution in [0.3, 0.4) is 0 Å². The van der Waals surface area contributed by atoms with Crippen LogP contribution >= 0.6 is 0 Å². The Hall–Kier alpha value is -2.20. The monoisotopic (exact) mass is 268 g/mol. The first-order chi connectivity index (χ1) is 9.72. The molecule has 0 amide bonds. The first kappa shape index (κ1) is 12.8. The van der Waals surface area contributed by atoms with Gasteiger partial charge < -0.3 is 5.11 Å². The van der Waals surface area contributed by atoms with E-state index in [0.29, 0.717) is 5.92 Å². The third-order valence-electron chi connectivity index (χ3n) is 3.68. The van der Waals surface area contributed by atoms with Crippen molar-refractivity contribution in [3.05, 3.63) is 65.5 Å². The van der Waals surface area contributed by atoms with Crippen LogP contribution in [0.4, 0.5) is 0 Å². The molecule has 20 heavy (non-hydrogen) atoms. The summed E-state index contributed by atoms with van der Waals surface area (Å²) in [4.78, 5) is 17.0. The van der Waals surface area contributed by atoms with Crippen LogP contribution in [0.15, 0.2) is 48.7 Å². The third-order valence-corrected chi connectivity index (χ3v) is 3.68. The topological polar surface area (TPSA) is 53.4 Å². The minimum Gasteiger partial charge on any atom is -0.477 e. The summed E-state index contributed by atoms with van der Waals surface area (Å²) in [5.74, 6) is -0.368. The number of rotatable bonds is 4. The van der Waals surface area contributed by atoms with Crippen molar-refractivity contribution in [3.63, 3.8) is 0 Å². The van der Waals surface area contributed by atoms with E-state index < -0.39 is 5.97 Å². The van der Waals surface area contributed by atoms with E-state index in [1.165, 1.54) is 5.56 Å². The normalized spacial score (nSPS) is 15.8. The van der Waals surface area contributed by atoms with Gasteiger partial charge in [0.05, 0.1) is 0 Å². The minimum atomic E-state index is -0.982. The van der Waals surface area contributed by atoms with Crippen LogP contribution in [0.2, 0.25) is 0 Å². The van der Waals surface area contributed by atoms with Crippen LogP contribution in [0.5, 0.6) is 0 Å². The van der Waals surface area contributed by atoms with Crippen LogP contribution < -0.4 is 0 Å². The van der Waals surface area contributed by atoms with Crippen molar-refractivity contribution in [3.8, 4) is 0 Å². The first-order valence-electron chi connectivity index (χ1n) is 6.68. The summed E-state index contributed by atoms with van der Waals surface area (Å²) in [6.45, 7) is 2.92. The van der Waals surface area contributed by atoms with Gasteiger partial charge in [0.1, 0.15) is 5.69 Å². The summed E-state index contributed by atoms with van der Waals surface area (Å²) < 4.78 is 0. The smallest absolute Gasteiger partial charge is 0.354 e. The molecule has 1 aromatic carbocycles. The van der Waals surface area contributed by atoms with E-state index in [4.69, 9.17) is 5.11 Å². The maximum absolute atomic E-state index is 10.7. The zero-order valence-corrected chi connectivity index (χ0v) is 11.1. The molecule has 2 heterocycles. The van der Waals surface area contributed by atoms with Gasteiger partial charge in [0.15, 0.2) is 0 Å². The van der Waals surface area contributed by atoms with Gasteiger partial charge in [-0.3, -0.25) is 4.90 Å². The van der Waals surface area contributed by atoms with Crippen LogP contribution in [0, 0.1) is 0 Å². The first-order valence-corrected chi connectivity index (χ1v) is 6.68. The molecular weight excluding hydrogens is 252 g/mol. The molecule has 1 aliphatic heterocycles. The highest BCUT2D eigenvalue weighted by atomic mass is 16.4. The second kappa shape index (κ2) is 5.43. The zero-order valence-electron chi connectivity index (χ0n) is 11.1. The molecule has 0 radical (unpaired) electrons. The molecule has 0 unspecified atom stereocenters. The van der Waals surface area contributed by atoms with Gasteiger partial charge in [0, 0.05) is 31.7 Å². The lowest BCUT2D eigenvalue weighted by Crippen LogP contribution is -2.44. The molecule has 1 fully saturated rings. The number of likely N-dealkylation sites (tertiary alicyclic amines) is 1. The number of hydrogen-bond acceptors (Lipinski definition) is 3. The number of carboxylic acids is 1. The van der Waals surface area contributed by atoms with Gasteiger partial charge in [0.25, 0.3) is 0 Å². The molecule has 1 N–H and O–H groups in total. The number of hydrogen-bond donors (Lipinski definition) is 1. The molecule has 102 valence electrons. The Labute approximate surface area is 117 Å². The van der Waals surface area contributed by atoms with Gasteiger partial charge >= 0.3 is 5.97 Å². The van der Waals surface area contributed by atoms with Crippen molar-refractivity contribution < 1.29 is 9.90 Å². The molecular formula is C16H16N2O2. The van der Waals surface area contributed by atoms with Gasteiger partial charge in [-0.25, -0.2) is 9.78 Å². The Balaban J connectivity index is 1.55. The van der Waals surface area contributed by atoms with Gasteiger partial charge in [-0.2, -0.15) is 0 Å². The molecule has 0 saturated carbocycles. The molecule has 1 aliphatic rings. The predicted molar refractivity (Wildman–Crippen MR) is 75.7 cm³/mol. The summed E-state index contributed by atoms with van der Waals surface area (Å²) in [6, 6.07) is 13.9. The van der Waals surface area contributed by atoms with Crippen molar-refractivity contribution in [1.82, 2.24) is 9.88 Å².